The van der Waals surface area contributed by atoms with E-state index >= 15 is 0 Å². The topological polar surface area (TPSA) is 123 Å². The lowest BCUT2D eigenvalue weighted by atomic mass is 9.92. The van der Waals surface area contributed by atoms with Gasteiger partial charge in [0.1, 0.15) is 30.6 Å². The number of carboxylic acids is 1. The summed E-state index contributed by atoms with van der Waals surface area (Å²) in [6.07, 6.45) is -6.75. The van der Waals surface area contributed by atoms with Crippen LogP contribution >= 0.6 is 0 Å². The SMILES string of the molecule is [2H]C([2H])([2H])[N+]1([C@@H]2O[C@H](C(=O)O)[C@@H](O)[C@H](O)[C@H]2O)CCN2c3ncccc3Cc3ccccc3C2C1. The van der Waals surface area contributed by atoms with Gasteiger partial charge >= 0.3 is 5.97 Å². The van der Waals surface area contributed by atoms with Crippen LogP contribution in [0.3, 0.4) is 0 Å². The predicted octanol–water partition coefficient (Wildman–Crippen LogP) is -0.114. The van der Waals surface area contributed by atoms with Gasteiger partial charge in [0.2, 0.25) is 6.23 Å². The molecule has 2 saturated heterocycles. The number of aliphatic carboxylic acids is 1. The monoisotopic (exact) mass is 445 g/mol. The predicted molar refractivity (Wildman–Crippen MR) is 114 cm³/mol. The molecule has 2 aromatic rings. The number of quaternary nitrogens is 1. The van der Waals surface area contributed by atoms with Crippen molar-refractivity contribution in [2.45, 2.75) is 43.1 Å². The first-order valence-corrected chi connectivity index (χ1v) is 10.6. The van der Waals surface area contributed by atoms with E-state index in [4.69, 9.17) is 8.85 Å². The largest absolute Gasteiger partial charge is 0.479 e. The fourth-order valence-corrected chi connectivity index (χ4v) is 5.22. The summed E-state index contributed by atoms with van der Waals surface area (Å²) < 4.78 is 30.2. The molecule has 0 amide bonds. The Balaban J connectivity index is 1.63. The number of aliphatic hydroxyl groups excluding tert-OH is 3. The van der Waals surface area contributed by atoms with Gasteiger partial charge in [-0.2, -0.15) is 0 Å². The van der Waals surface area contributed by atoms with Crippen LogP contribution in [0.4, 0.5) is 5.82 Å². The summed E-state index contributed by atoms with van der Waals surface area (Å²) in [6.45, 7) is -2.57. The number of piperazine rings is 1. The van der Waals surface area contributed by atoms with E-state index in [9.17, 15) is 25.2 Å². The minimum Gasteiger partial charge on any atom is -0.479 e. The Hall–Kier alpha value is -2.56. The van der Waals surface area contributed by atoms with Crippen LogP contribution in [-0.2, 0) is 16.0 Å². The number of fused-ring (bicyclic) bond motifs is 5. The van der Waals surface area contributed by atoms with Crippen LogP contribution in [0.15, 0.2) is 42.6 Å². The molecule has 4 heterocycles. The van der Waals surface area contributed by atoms with Gasteiger partial charge in [-0.1, -0.05) is 30.3 Å². The summed E-state index contributed by atoms with van der Waals surface area (Å²) in [4.78, 5) is 18.4. The van der Waals surface area contributed by atoms with Crippen molar-refractivity contribution in [2.24, 2.45) is 0 Å². The molecule has 3 aliphatic rings. The number of benzene rings is 1. The summed E-state index contributed by atoms with van der Waals surface area (Å²) >= 11 is 0. The van der Waals surface area contributed by atoms with Crippen LogP contribution in [0.2, 0.25) is 0 Å². The molecule has 5 rings (SSSR count). The van der Waals surface area contributed by atoms with E-state index in [-0.39, 0.29) is 19.6 Å². The summed E-state index contributed by atoms with van der Waals surface area (Å²) in [6, 6.07) is 11.1. The molecule has 32 heavy (non-hydrogen) atoms. The molecule has 9 nitrogen and oxygen atoms in total. The van der Waals surface area contributed by atoms with Gasteiger partial charge in [-0.25, -0.2) is 9.78 Å². The van der Waals surface area contributed by atoms with Crippen molar-refractivity contribution in [2.75, 3.05) is 31.5 Å². The number of pyridine rings is 1. The Labute approximate surface area is 189 Å². The van der Waals surface area contributed by atoms with Crippen LogP contribution in [0.25, 0.3) is 0 Å². The zero-order valence-electron chi connectivity index (χ0n) is 20.3. The smallest absolute Gasteiger partial charge is 0.335 e. The zero-order valence-corrected chi connectivity index (χ0v) is 17.3. The Morgan fingerprint density at radius 2 is 1.94 bits per heavy atom. The second-order valence-electron chi connectivity index (χ2n) is 8.77. The number of ether oxygens (including phenoxy) is 1. The molecule has 170 valence electrons. The second-order valence-corrected chi connectivity index (χ2v) is 8.77. The normalized spacial score (nSPS) is 38.2. The van der Waals surface area contributed by atoms with E-state index in [1.54, 1.807) is 6.20 Å². The fourth-order valence-electron chi connectivity index (χ4n) is 5.22. The van der Waals surface area contributed by atoms with Crippen LogP contribution in [0, 0.1) is 0 Å². The number of likely N-dealkylation sites (N-methyl/N-ethyl adjacent to an activating group) is 1. The third-order valence-corrected chi connectivity index (χ3v) is 6.87. The fraction of sp³-hybridized carbons (Fsp3) is 0.478. The van der Waals surface area contributed by atoms with E-state index in [1.165, 1.54) is 0 Å². The zero-order chi connectivity index (χ0) is 25.1. The number of anilines is 1. The molecule has 3 aliphatic heterocycles. The van der Waals surface area contributed by atoms with Crippen LogP contribution in [-0.4, -0.2) is 93.1 Å². The highest BCUT2D eigenvalue weighted by Crippen LogP contribution is 2.41. The summed E-state index contributed by atoms with van der Waals surface area (Å²) in [5, 5.41) is 41.0. The van der Waals surface area contributed by atoms with Crippen molar-refractivity contribution in [3.63, 3.8) is 0 Å². The molecule has 0 radical (unpaired) electrons. The molecule has 0 bridgehead atoms. The highest BCUT2D eigenvalue weighted by molar-refractivity contribution is 5.73. The first kappa shape index (κ1) is 17.9. The van der Waals surface area contributed by atoms with Crippen molar-refractivity contribution in [1.29, 1.82) is 0 Å². The minimum absolute atomic E-state index is 0.0257. The van der Waals surface area contributed by atoms with Gasteiger partial charge in [0.25, 0.3) is 0 Å². The summed E-state index contributed by atoms with van der Waals surface area (Å²) in [5.74, 6) is -0.797. The lowest BCUT2D eigenvalue weighted by Gasteiger charge is -2.53. The molecule has 2 fully saturated rings. The molecular formula is C23H28N3O6+. The van der Waals surface area contributed by atoms with E-state index in [1.807, 2.05) is 36.4 Å². The van der Waals surface area contributed by atoms with Gasteiger partial charge in [-0.3, -0.25) is 4.48 Å². The third kappa shape index (κ3) is 3.28. The molecule has 4 N–H and O–H groups in total. The number of rotatable bonds is 2. The van der Waals surface area contributed by atoms with Gasteiger partial charge in [-0.05, 0) is 22.8 Å². The van der Waals surface area contributed by atoms with Crippen molar-refractivity contribution in [1.82, 2.24) is 4.98 Å². The molecule has 1 aromatic carbocycles. The highest BCUT2D eigenvalue weighted by atomic mass is 16.6. The standard InChI is InChI=1S/C23H27N3O6/c1-26(22-19(29)17(27)18(28)20(32-22)23(30)31)10-9-25-16(12-26)15-7-3-2-5-13(15)11-14-6-4-8-24-21(14)25/h2-8,16-20,22,27-29H,9-12H2,1H3/p+1/t16?,17-,18-,19+,20-,22+,26?/m0/s1/i1D3. The number of hydrogen-bond acceptors (Lipinski definition) is 7. The number of aliphatic hydroxyl groups is 3. The highest BCUT2D eigenvalue weighted by Gasteiger charge is 2.56. The summed E-state index contributed by atoms with van der Waals surface area (Å²) in [7, 11) is 0. The average Bonchev–Trinajstić information content (AvgIpc) is 2.96. The number of carboxylic acid groups (broad SMARTS) is 1. The molecule has 0 aliphatic carbocycles. The van der Waals surface area contributed by atoms with Crippen LogP contribution in [0.1, 0.15) is 26.8 Å². The second kappa shape index (κ2) is 7.79. The molecule has 7 atom stereocenters. The molecule has 1 aromatic heterocycles. The van der Waals surface area contributed by atoms with Crippen LogP contribution in [0.5, 0.6) is 0 Å². The van der Waals surface area contributed by atoms with E-state index in [0.717, 1.165) is 22.5 Å². The minimum atomic E-state index is -2.73. The van der Waals surface area contributed by atoms with Crippen molar-refractivity contribution in [3.05, 3.63) is 59.3 Å². The van der Waals surface area contributed by atoms with E-state index < -0.39 is 54.1 Å². The molecule has 0 spiro atoms. The van der Waals surface area contributed by atoms with E-state index in [0.29, 0.717) is 6.42 Å². The maximum atomic E-state index is 11.7. The lowest BCUT2D eigenvalue weighted by molar-refractivity contribution is -0.964. The first-order valence-electron chi connectivity index (χ1n) is 12.1. The Bertz CT molecular complexity index is 1130. The third-order valence-electron chi connectivity index (χ3n) is 6.87. The molecule has 0 saturated carbocycles. The summed E-state index contributed by atoms with van der Waals surface area (Å²) in [5.41, 5.74) is 2.94. The van der Waals surface area contributed by atoms with Crippen molar-refractivity contribution in [3.8, 4) is 0 Å². The van der Waals surface area contributed by atoms with E-state index in [2.05, 4.69) is 9.88 Å². The molecule has 9 heteroatoms. The maximum absolute atomic E-state index is 11.7. The average molecular weight is 446 g/mol. The number of nitrogens with zero attached hydrogens (tertiary/aromatic N) is 3. The van der Waals surface area contributed by atoms with Gasteiger partial charge < -0.3 is 30.1 Å². The van der Waals surface area contributed by atoms with Gasteiger partial charge in [-0.15, -0.1) is 0 Å². The Morgan fingerprint density at radius 3 is 2.72 bits per heavy atom. The maximum Gasteiger partial charge on any atom is 0.335 e. The molecular weight excluding hydrogens is 414 g/mol. The first-order chi connectivity index (χ1) is 16.5. The van der Waals surface area contributed by atoms with Crippen LogP contribution < -0.4 is 4.90 Å². The number of hydrogen-bond donors (Lipinski definition) is 4. The van der Waals surface area contributed by atoms with Crippen molar-refractivity contribution < 1.29 is 38.6 Å². The Kier molecular flexibility index (Phi) is 4.36. The van der Waals surface area contributed by atoms with Crippen molar-refractivity contribution >= 4 is 11.8 Å². The number of aromatic nitrogens is 1. The lowest BCUT2D eigenvalue weighted by Crippen LogP contribution is -2.72. The molecule has 2 unspecified atom stereocenters. The number of carbonyl (C=O) groups is 1. The van der Waals surface area contributed by atoms with Gasteiger partial charge in [0, 0.05) is 12.6 Å². The van der Waals surface area contributed by atoms with Gasteiger partial charge in [0.15, 0.2) is 12.2 Å². The van der Waals surface area contributed by atoms with Gasteiger partial charge in [0.05, 0.1) is 24.2 Å². The Morgan fingerprint density at radius 1 is 1.16 bits per heavy atom. The quantitative estimate of drug-likeness (QED) is 0.472.